The molecule has 0 saturated heterocycles. The molecule has 0 fully saturated rings. The number of ether oxygens (including phenoxy) is 2. The van der Waals surface area contributed by atoms with Crippen LogP contribution in [0, 0.1) is 5.92 Å². The van der Waals surface area contributed by atoms with E-state index in [0.717, 1.165) is 0 Å². The summed E-state index contributed by atoms with van der Waals surface area (Å²) in [5.41, 5.74) is 0.947. The zero-order valence-electron chi connectivity index (χ0n) is 23.9. The molecule has 1 aromatic heterocycles. The van der Waals surface area contributed by atoms with E-state index in [-0.39, 0.29) is 55.3 Å². The molecule has 15 heteroatoms. The first-order valence-electron chi connectivity index (χ1n) is 13.3. The van der Waals surface area contributed by atoms with Gasteiger partial charge in [0.15, 0.2) is 0 Å². The van der Waals surface area contributed by atoms with E-state index in [1.807, 2.05) is 6.92 Å². The van der Waals surface area contributed by atoms with Crippen LogP contribution in [0.2, 0.25) is 0 Å². The average Bonchev–Trinajstić information content (AvgIpc) is 3.49. The normalized spacial score (nSPS) is 18.3. The van der Waals surface area contributed by atoms with Crippen LogP contribution < -0.4 is 14.8 Å². The Bertz CT molecular complexity index is 1480. The van der Waals surface area contributed by atoms with E-state index in [2.05, 4.69) is 20.8 Å². The van der Waals surface area contributed by atoms with Gasteiger partial charge in [-0.15, -0.1) is 5.10 Å². The van der Waals surface area contributed by atoms with Gasteiger partial charge in [-0.3, -0.25) is 9.59 Å². The average molecular weight is 602 g/mol. The van der Waals surface area contributed by atoms with Crippen molar-refractivity contribution in [1.82, 2.24) is 29.4 Å². The van der Waals surface area contributed by atoms with Crippen LogP contribution in [0.5, 0.6) is 11.5 Å². The molecule has 0 bridgehead atoms. The first kappa shape index (κ1) is 30.9. The molecule has 0 spiro atoms. The SMILES string of the molecule is COc1ccc(S(=O)(=O)N(C)C[C@@H]2Oc3ccc(NC(=O)Cn4cnnn4)cc3CC(=O)N([C@@H](C)CO)C[C@H]2C)cc1. The summed E-state index contributed by atoms with van der Waals surface area (Å²) in [6.45, 7) is 3.52. The van der Waals surface area contributed by atoms with Gasteiger partial charge in [0.25, 0.3) is 0 Å². The number of likely N-dealkylation sites (N-methyl/N-ethyl adjacent to an activating group) is 1. The maximum atomic E-state index is 13.4. The largest absolute Gasteiger partial charge is 0.497 e. The van der Waals surface area contributed by atoms with Gasteiger partial charge in [-0.2, -0.15) is 4.31 Å². The summed E-state index contributed by atoms with van der Waals surface area (Å²) in [5.74, 6) is 0.0240. The Morgan fingerprint density at radius 1 is 1.26 bits per heavy atom. The lowest BCUT2D eigenvalue weighted by molar-refractivity contribution is -0.134. The zero-order valence-corrected chi connectivity index (χ0v) is 24.7. The number of aliphatic hydroxyl groups is 1. The summed E-state index contributed by atoms with van der Waals surface area (Å²) in [6.07, 6.45) is 0.622. The van der Waals surface area contributed by atoms with Crippen LogP contribution in [-0.2, 0) is 32.6 Å². The molecular formula is C27H35N7O7S. The van der Waals surface area contributed by atoms with Crippen molar-refractivity contribution >= 4 is 27.5 Å². The van der Waals surface area contributed by atoms with E-state index in [1.54, 1.807) is 42.2 Å². The monoisotopic (exact) mass is 601 g/mol. The Kier molecular flexibility index (Phi) is 9.75. The van der Waals surface area contributed by atoms with Crippen LogP contribution in [0.25, 0.3) is 0 Å². The van der Waals surface area contributed by atoms with E-state index in [9.17, 15) is 23.1 Å². The van der Waals surface area contributed by atoms with Crippen molar-refractivity contribution in [2.75, 3.05) is 39.2 Å². The third-order valence-corrected chi connectivity index (χ3v) is 8.94. The van der Waals surface area contributed by atoms with Gasteiger partial charge in [0.05, 0.1) is 37.6 Å². The lowest BCUT2D eigenvalue weighted by Crippen LogP contribution is -2.48. The standard InChI is InChI=1S/C27H35N7O7S/c1-18-13-34(19(2)16-35)27(37)12-20-11-21(29-26(36)15-33-17-28-30-31-33)5-10-24(20)41-25(18)14-32(3)42(38,39)23-8-6-22(40-4)7-9-23/h5-11,17-19,25,35H,12-16H2,1-4H3,(H,29,36)/t18-,19+,25+/m1/s1. The number of carbonyl (C=O) groups is 2. The second kappa shape index (κ2) is 13.3. The van der Waals surface area contributed by atoms with Crippen LogP contribution in [-0.4, -0.2) is 101 Å². The minimum Gasteiger partial charge on any atom is -0.497 e. The zero-order chi connectivity index (χ0) is 30.4. The fourth-order valence-corrected chi connectivity index (χ4v) is 5.79. The van der Waals surface area contributed by atoms with Gasteiger partial charge >= 0.3 is 0 Å². The maximum Gasteiger partial charge on any atom is 0.246 e. The Labute approximate surface area is 244 Å². The molecule has 2 amide bonds. The smallest absolute Gasteiger partial charge is 0.246 e. The summed E-state index contributed by atoms with van der Waals surface area (Å²) in [7, 11) is -0.887. The van der Waals surface area contributed by atoms with Crippen molar-refractivity contribution in [3.63, 3.8) is 0 Å². The lowest BCUT2D eigenvalue weighted by atomic mass is 10.0. The van der Waals surface area contributed by atoms with E-state index < -0.39 is 22.2 Å². The quantitative estimate of drug-likeness (QED) is 0.339. The number of aliphatic hydroxyl groups excluding tert-OH is 1. The van der Waals surface area contributed by atoms with Crippen LogP contribution >= 0.6 is 0 Å². The van der Waals surface area contributed by atoms with E-state index in [4.69, 9.17) is 9.47 Å². The number of amides is 2. The Morgan fingerprint density at radius 3 is 2.64 bits per heavy atom. The molecule has 4 rings (SSSR count). The van der Waals surface area contributed by atoms with Gasteiger partial charge in [0, 0.05) is 30.8 Å². The summed E-state index contributed by atoms with van der Waals surface area (Å²) >= 11 is 0. The first-order valence-corrected chi connectivity index (χ1v) is 14.8. The first-order chi connectivity index (χ1) is 20.0. The van der Waals surface area contributed by atoms with Gasteiger partial charge < -0.3 is 24.8 Å². The molecule has 2 N–H and O–H groups in total. The molecule has 226 valence electrons. The van der Waals surface area contributed by atoms with Crippen molar-refractivity contribution in [3.8, 4) is 11.5 Å². The highest BCUT2D eigenvalue weighted by Crippen LogP contribution is 2.30. The lowest BCUT2D eigenvalue weighted by Gasteiger charge is -2.33. The number of benzene rings is 2. The second-order valence-electron chi connectivity index (χ2n) is 10.2. The highest BCUT2D eigenvalue weighted by Gasteiger charge is 2.33. The second-order valence-corrected chi connectivity index (χ2v) is 12.3. The van der Waals surface area contributed by atoms with Gasteiger partial charge in [0.1, 0.15) is 30.5 Å². The number of fused-ring (bicyclic) bond motifs is 1. The van der Waals surface area contributed by atoms with Crippen molar-refractivity contribution in [1.29, 1.82) is 0 Å². The maximum absolute atomic E-state index is 13.4. The number of anilines is 1. The molecule has 3 atom stereocenters. The Balaban J connectivity index is 1.61. The van der Waals surface area contributed by atoms with Gasteiger partial charge in [-0.25, -0.2) is 13.1 Å². The summed E-state index contributed by atoms with van der Waals surface area (Å²) < 4.78 is 40.8. The number of nitrogens with zero attached hydrogens (tertiary/aromatic N) is 6. The van der Waals surface area contributed by atoms with Crippen LogP contribution in [0.1, 0.15) is 19.4 Å². The van der Waals surface area contributed by atoms with Crippen LogP contribution in [0.15, 0.2) is 53.7 Å². The fraction of sp³-hybridized carbons (Fsp3) is 0.444. The van der Waals surface area contributed by atoms with E-state index >= 15 is 0 Å². The number of sulfonamides is 1. The number of nitrogens with one attached hydrogen (secondary N) is 1. The predicted molar refractivity (Wildman–Crippen MR) is 151 cm³/mol. The summed E-state index contributed by atoms with van der Waals surface area (Å²) in [4.78, 5) is 27.6. The molecule has 2 heterocycles. The third-order valence-electron chi connectivity index (χ3n) is 7.10. The minimum atomic E-state index is -3.87. The Morgan fingerprint density at radius 2 is 2.00 bits per heavy atom. The number of aromatic nitrogens is 4. The molecule has 42 heavy (non-hydrogen) atoms. The molecule has 1 aliphatic rings. The van der Waals surface area contributed by atoms with Crippen molar-refractivity contribution < 1.29 is 32.6 Å². The van der Waals surface area contributed by atoms with Gasteiger partial charge in [-0.05, 0) is 59.8 Å². The minimum absolute atomic E-state index is 0.00503. The number of tetrazole rings is 1. The van der Waals surface area contributed by atoms with Gasteiger partial charge in [-0.1, -0.05) is 6.92 Å². The number of rotatable bonds is 10. The van der Waals surface area contributed by atoms with Crippen molar-refractivity contribution in [2.24, 2.45) is 5.92 Å². The number of carbonyl (C=O) groups excluding carboxylic acids is 2. The van der Waals surface area contributed by atoms with Gasteiger partial charge in [0.2, 0.25) is 21.8 Å². The molecule has 0 saturated carbocycles. The number of hydrogen-bond donors (Lipinski definition) is 2. The molecule has 14 nitrogen and oxygen atoms in total. The molecule has 0 unspecified atom stereocenters. The molecule has 3 aromatic rings. The Hall–Kier alpha value is -4.08. The van der Waals surface area contributed by atoms with Crippen molar-refractivity contribution in [2.45, 2.75) is 43.9 Å². The fourth-order valence-electron chi connectivity index (χ4n) is 4.60. The number of methoxy groups -OCH3 is 1. The topological polar surface area (TPSA) is 169 Å². The third kappa shape index (κ3) is 7.21. The molecular weight excluding hydrogens is 566 g/mol. The highest BCUT2D eigenvalue weighted by atomic mass is 32.2. The summed E-state index contributed by atoms with van der Waals surface area (Å²) in [5, 5.41) is 23.3. The molecule has 0 aliphatic carbocycles. The summed E-state index contributed by atoms with van der Waals surface area (Å²) in [6, 6.07) is 10.6. The predicted octanol–water partition coefficient (Wildman–Crippen LogP) is 0.790. The molecule has 1 aliphatic heterocycles. The highest BCUT2D eigenvalue weighted by molar-refractivity contribution is 7.89. The molecule has 0 radical (unpaired) electrons. The molecule has 2 aromatic carbocycles. The van der Waals surface area contributed by atoms with E-state index in [1.165, 1.54) is 41.6 Å². The number of hydrogen-bond acceptors (Lipinski definition) is 10. The van der Waals surface area contributed by atoms with E-state index in [0.29, 0.717) is 22.7 Å². The van der Waals surface area contributed by atoms with Crippen molar-refractivity contribution in [3.05, 3.63) is 54.4 Å². The van der Waals surface area contributed by atoms with Crippen LogP contribution in [0.4, 0.5) is 5.69 Å². The van der Waals surface area contributed by atoms with Crippen LogP contribution in [0.3, 0.4) is 0 Å².